The van der Waals surface area contributed by atoms with Crippen LogP contribution in [0, 0.1) is 5.92 Å². The monoisotopic (exact) mass is 449 g/mol. The smallest absolute Gasteiger partial charge is 0.279 e. The van der Waals surface area contributed by atoms with E-state index in [9.17, 15) is 4.79 Å². The fraction of sp³-hybridized carbons (Fsp3) is 0.462. The molecule has 32 heavy (non-hydrogen) atoms. The Kier molecular flexibility index (Phi) is 6.69. The lowest BCUT2D eigenvalue weighted by molar-refractivity contribution is -0.127. The van der Waals surface area contributed by atoms with Crippen molar-refractivity contribution in [3.8, 4) is 10.9 Å². The zero-order valence-electron chi connectivity index (χ0n) is 18.5. The van der Waals surface area contributed by atoms with Crippen LogP contribution in [-0.2, 0) is 11.2 Å². The van der Waals surface area contributed by atoms with Gasteiger partial charge in [-0.2, -0.15) is 0 Å². The van der Waals surface area contributed by atoms with Gasteiger partial charge in [-0.15, -0.1) is 0 Å². The van der Waals surface area contributed by atoms with E-state index in [4.69, 9.17) is 4.74 Å². The van der Waals surface area contributed by atoms with Gasteiger partial charge in [0.15, 0.2) is 0 Å². The van der Waals surface area contributed by atoms with Gasteiger partial charge in [0.25, 0.3) is 5.19 Å². The van der Waals surface area contributed by atoms with E-state index in [0.29, 0.717) is 11.1 Å². The van der Waals surface area contributed by atoms with Crippen LogP contribution in [0.1, 0.15) is 37.7 Å². The van der Waals surface area contributed by atoms with Crippen LogP contribution in [0.25, 0.3) is 10.2 Å². The van der Waals surface area contributed by atoms with E-state index in [1.807, 2.05) is 35.2 Å². The highest BCUT2D eigenvalue weighted by Crippen LogP contribution is 2.31. The average Bonchev–Trinajstić information content (AvgIpc) is 3.38. The van der Waals surface area contributed by atoms with Crippen molar-refractivity contribution in [2.24, 2.45) is 5.92 Å². The van der Waals surface area contributed by atoms with Crippen molar-refractivity contribution in [3.63, 3.8) is 0 Å². The van der Waals surface area contributed by atoms with Gasteiger partial charge in [0, 0.05) is 32.6 Å². The quantitative estimate of drug-likeness (QED) is 0.396. The van der Waals surface area contributed by atoms with Crippen LogP contribution in [0.15, 0.2) is 48.5 Å². The molecule has 0 spiro atoms. The van der Waals surface area contributed by atoms with Gasteiger partial charge < -0.3 is 14.5 Å². The number of aromatic nitrogens is 1. The second-order valence-corrected chi connectivity index (χ2v) is 10.0. The maximum atomic E-state index is 11.8. The van der Waals surface area contributed by atoms with Crippen molar-refractivity contribution < 1.29 is 9.53 Å². The third-order valence-corrected chi connectivity index (χ3v) is 7.32. The lowest BCUT2D eigenvalue weighted by Crippen LogP contribution is -2.33. The minimum absolute atomic E-state index is 0.340. The van der Waals surface area contributed by atoms with Gasteiger partial charge in [-0.1, -0.05) is 35.6 Å². The molecular weight excluding hydrogens is 418 g/mol. The van der Waals surface area contributed by atoms with E-state index in [1.165, 1.54) is 24.9 Å². The molecule has 6 heteroatoms. The molecule has 1 saturated carbocycles. The Labute approximate surface area is 194 Å². The van der Waals surface area contributed by atoms with Crippen molar-refractivity contribution in [2.75, 3.05) is 32.7 Å². The summed E-state index contributed by atoms with van der Waals surface area (Å²) in [6.07, 6.45) is 6.63. The molecule has 168 valence electrons. The number of carbonyl (C=O) groups is 1. The Hall–Kier alpha value is -2.44. The summed E-state index contributed by atoms with van der Waals surface area (Å²) < 4.78 is 7.12. The van der Waals surface area contributed by atoms with Gasteiger partial charge >= 0.3 is 0 Å². The molecule has 2 heterocycles. The SMILES string of the molecule is O=C1CCCN1CCCN(CCc1ccc(Oc2nc3ccccc3s2)cc1)CC1CC1. The molecule has 2 fully saturated rings. The van der Waals surface area contributed by atoms with E-state index in [0.717, 1.165) is 73.7 Å². The summed E-state index contributed by atoms with van der Waals surface area (Å²) in [5, 5.41) is 0.686. The molecule has 0 atom stereocenters. The van der Waals surface area contributed by atoms with Gasteiger partial charge in [-0.3, -0.25) is 4.79 Å². The molecule has 2 aliphatic rings. The number of fused-ring (bicyclic) bond motifs is 1. The second kappa shape index (κ2) is 10.0. The first kappa shape index (κ1) is 21.4. The normalized spacial score (nSPS) is 16.4. The summed E-state index contributed by atoms with van der Waals surface area (Å²) in [4.78, 5) is 21.0. The van der Waals surface area contributed by atoms with E-state index in [-0.39, 0.29) is 0 Å². The Morgan fingerprint density at radius 3 is 2.69 bits per heavy atom. The number of nitrogens with zero attached hydrogens (tertiary/aromatic N) is 3. The van der Waals surface area contributed by atoms with Crippen molar-refractivity contribution >= 4 is 27.5 Å². The Morgan fingerprint density at radius 2 is 1.94 bits per heavy atom. The van der Waals surface area contributed by atoms with E-state index >= 15 is 0 Å². The molecule has 0 unspecified atom stereocenters. The molecule has 0 radical (unpaired) electrons. The zero-order valence-corrected chi connectivity index (χ0v) is 19.4. The van der Waals surface area contributed by atoms with Crippen LogP contribution in [0.3, 0.4) is 0 Å². The molecular formula is C26H31N3O2S. The fourth-order valence-electron chi connectivity index (χ4n) is 4.39. The Bertz CT molecular complexity index is 1010. The zero-order chi connectivity index (χ0) is 21.8. The summed E-state index contributed by atoms with van der Waals surface area (Å²) in [6, 6.07) is 16.5. The molecule has 1 aliphatic carbocycles. The van der Waals surface area contributed by atoms with Gasteiger partial charge in [-0.05, 0) is 74.4 Å². The van der Waals surface area contributed by atoms with Crippen LogP contribution >= 0.6 is 11.3 Å². The topological polar surface area (TPSA) is 45.7 Å². The molecule has 2 aromatic carbocycles. The highest BCUT2D eigenvalue weighted by atomic mass is 32.1. The molecule has 0 N–H and O–H groups in total. The van der Waals surface area contributed by atoms with Crippen LogP contribution in [0.5, 0.6) is 10.9 Å². The summed E-state index contributed by atoms with van der Waals surface area (Å²) in [6.45, 7) is 5.22. The number of amides is 1. The average molecular weight is 450 g/mol. The molecule has 1 amide bonds. The highest BCUT2D eigenvalue weighted by molar-refractivity contribution is 7.20. The number of thiazole rings is 1. The van der Waals surface area contributed by atoms with Crippen LogP contribution in [-0.4, -0.2) is 53.4 Å². The summed E-state index contributed by atoms with van der Waals surface area (Å²) >= 11 is 1.57. The number of rotatable bonds is 11. The van der Waals surface area contributed by atoms with Crippen LogP contribution < -0.4 is 4.74 Å². The fourth-order valence-corrected chi connectivity index (χ4v) is 5.23. The molecule has 5 nitrogen and oxygen atoms in total. The first-order valence-corrected chi connectivity index (χ1v) is 12.7. The molecule has 0 bridgehead atoms. The lowest BCUT2D eigenvalue weighted by Gasteiger charge is -2.24. The van der Waals surface area contributed by atoms with Crippen LogP contribution in [0.2, 0.25) is 0 Å². The maximum Gasteiger partial charge on any atom is 0.279 e. The van der Waals surface area contributed by atoms with Gasteiger partial charge in [-0.25, -0.2) is 4.98 Å². The van der Waals surface area contributed by atoms with Gasteiger partial charge in [0.05, 0.1) is 10.2 Å². The minimum Gasteiger partial charge on any atom is -0.431 e. The van der Waals surface area contributed by atoms with Crippen molar-refractivity contribution in [3.05, 3.63) is 54.1 Å². The minimum atomic E-state index is 0.340. The predicted octanol–water partition coefficient (Wildman–Crippen LogP) is 5.36. The third-order valence-electron chi connectivity index (χ3n) is 6.41. The summed E-state index contributed by atoms with van der Waals surface area (Å²) in [5.41, 5.74) is 2.31. The first-order valence-electron chi connectivity index (χ1n) is 11.9. The number of benzene rings is 2. The summed E-state index contributed by atoms with van der Waals surface area (Å²) in [7, 11) is 0. The molecule has 3 aromatic rings. The first-order chi connectivity index (χ1) is 15.7. The summed E-state index contributed by atoms with van der Waals surface area (Å²) in [5.74, 6) is 2.05. The largest absolute Gasteiger partial charge is 0.431 e. The number of para-hydroxylation sites is 1. The number of ether oxygens (including phenoxy) is 1. The number of carbonyl (C=O) groups excluding carboxylic acids is 1. The number of hydrogen-bond acceptors (Lipinski definition) is 5. The number of hydrogen-bond donors (Lipinski definition) is 0. The molecule has 1 aliphatic heterocycles. The van der Waals surface area contributed by atoms with Gasteiger partial charge in [0.2, 0.25) is 5.91 Å². The lowest BCUT2D eigenvalue weighted by atomic mass is 10.1. The molecule has 1 aromatic heterocycles. The Balaban J connectivity index is 1.11. The van der Waals surface area contributed by atoms with E-state index in [2.05, 4.69) is 28.1 Å². The van der Waals surface area contributed by atoms with E-state index < -0.39 is 0 Å². The predicted molar refractivity (Wildman–Crippen MR) is 129 cm³/mol. The molecule has 1 saturated heterocycles. The van der Waals surface area contributed by atoms with Crippen LogP contribution in [0.4, 0.5) is 0 Å². The van der Waals surface area contributed by atoms with Crippen molar-refractivity contribution in [1.29, 1.82) is 0 Å². The van der Waals surface area contributed by atoms with E-state index in [1.54, 1.807) is 11.3 Å². The Morgan fingerprint density at radius 1 is 1.09 bits per heavy atom. The third kappa shape index (κ3) is 5.67. The van der Waals surface area contributed by atoms with Crippen molar-refractivity contribution in [2.45, 2.75) is 38.5 Å². The molecule has 5 rings (SSSR count). The van der Waals surface area contributed by atoms with Gasteiger partial charge in [0.1, 0.15) is 5.75 Å². The maximum absolute atomic E-state index is 11.8. The second-order valence-electron chi connectivity index (χ2n) is 9.03. The van der Waals surface area contributed by atoms with Crippen molar-refractivity contribution in [1.82, 2.24) is 14.8 Å². The standard InChI is InChI=1S/C26H31N3O2S/c30-25-7-3-16-29(25)17-4-15-28(19-21-8-9-21)18-14-20-10-12-22(13-11-20)31-26-27-23-5-1-2-6-24(23)32-26/h1-2,5-6,10-13,21H,3-4,7-9,14-19H2. The highest BCUT2D eigenvalue weighted by Gasteiger charge is 2.24. The number of likely N-dealkylation sites (tertiary alicyclic amines) is 1.